The normalized spacial score (nSPS) is 18.3. The number of ether oxygens (including phenoxy) is 2. The van der Waals surface area contributed by atoms with Crippen LogP contribution in [0.3, 0.4) is 0 Å². The maximum atomic E-state index is 13.8. The maximum absolute atomic E-state index is 13.8. The Morgan fingerprint density at radius 2 is 1.92 bits per heavy atom. The molecule has 204 valence electrons. The highest BCUT2D eigenvalue weighted by atomic mass is 79.9. The monoisotopic (exact) mass is 631 g/mol. The van der Waals surface area contributed by atoms with Crippen LogP contribution in [0.25, 0.3) is 0 Å². The van der Waals surface area contributed by atoms with Crippen molar-refractivity contribution in [2.75, 3.05) is 13.2 Å². The number of carbonyl (C=O) groups excluding carboxylic acids is 1. The largest absolute Gasteiger partial charge is 0.494 e. The van der Waals surface area contributed by atoms with Gasteiger partial charge in [0.25, 0.3) is 5.91 Å². The molecule has 0 bridgehead atoms. The van der Waals surface area contributed by atoms with Crippen molar-refractivity contribution >= 4 is 50.9 Å². The number of rotatable bonds is 12. The minimum Gasteiger partial charge on any atom is -0.494 e. The molecule has 2 atom stereocenters. The molecular formula is C29H28BrCl2N3O4. The Bertz CT molecular complexity index is 1350. The number of hydrogen-bond donors (Lipinski definition) is 3. The summed E-state index contributed by atoms with van der Waals surface area (Å²) in [7, 11) is 0. The predicted molar refractivity (Wildman–Crippen MR) is 157 cm³/mol. The van der Waals surface area contributed by atoms with Gasteiger partial charge in [-0.05, 0) is 48.0 Å². The standard InChI is InChI=1S/C29H28BrCl2N3O4/c1-2-14-29(28(37)35-33-18-19-8-13-24(31)25(32)17-19)26(22-6-3-4-7-23(22)30)39-27(34-29)20-9-11-21(12-10-20)38-16-5-15-36/h2-4,6-13,17,26,33,36H,1,5,14-16,18H2,(H,35,37)/t26-,29-/m0/s1. The van der Waals surface area contributed by atoms with Crippen LogP contribution in [0.15, 0.2) is 88.9 Å². The SMILES string of the molecule is C=CC[C@]1(C(=O)NNCc2ccc(Cl)c(Cl)c2)N=C(c2ccc(OCCCO)cc2)O[C@H]1c1ccccc1Br. The zero-order valence-corrected chi connectivity index (χ0v) is 24.1. The average Bonchev–Trinajstić information content (AvgIpc) is 3.32. The van der Waals surface area contributed by atoms with Gasteiger partial charge in [-0.3, -0.25) is 10.2 Å². The van der Waals surface area contributed by atoms with Crippen LogP contribution >= 0.6 is 39.1 Å². The number of halogens is 3. The van der Waals surface area contributed by atoms with Crippen molar-refractivity contribution in [3.8, 4) is 5.75 Å². The van der Waals surface area contributed by atoms with Crippen molar-refractivity contribution in [2.45, 2.75) is 31.0 Å². The van der Waals surface area contributed by atoms with Gasteiger partial charge in [-0.15, -0.1) is 6.58 Å². The third-order valence-electron chi connectivity index (χ3n) is 6.15. The summed E-state index contributed by atoms with van der Waals surface area (Å²) >= 11 is 15.7. The Kier molecular flexibility index (Phi) is 10.0. The number of amides is 1. The van der Waals surface area contributed by atoms with E-state index in [4.69, 9.17) is 42.8 Å². The summed E-state index contributed by atoms with van der Waals surface area (Å²) in [5, 5.41) is 9.86. The van der Waals surface area contributed by atoms with Crippen molar-refractivity contribution in [2.24, 2.45) is 4.99 Å². The van der Waals surface area contributed by atoms with Gasteiger partial charge in [-0.2, -0.15) is 0 Å². The molecule has 0 saturated heterocycles. The fourth-order valence-electron chi connectivity index (χ4n) is 4.18. The number of hydrazine groups is 1. The van der Waals surface area contributed by atoms with Crippen molar-refractivity contribution in [3.63, 3.8) is 0 Å². The third-order valence-corrected chi connectivity index (χ3v) is 7.61. The number of benzene rings is 3. The fraction of sp³-hybridized carbons (Fsp3) is 0.241. The first-order chi connectivity index (χ1) is 18.9. The van der Waals surface area contributed by atoms with E-state index in [9.17, 15) is 4.79 Å². The number of hydrogen-bond acceptors (Lipinski definition) is 6. The van der Waals surface area contributed by atoms with Gasteiger partial charge in [0.1, 0.15) is 5.75 Å². The Balaban J connectivity index is 1.62. The van der Waals surface area contributed by atoms with Gasteiger partial charge in [-0.1, -0.05) is 69.5 Å². The highest BCUT2D eigenvalue weighted by Gasteiger charge is 2.53. The summed E-state index contributed by atoms with van der Waals surface area (Å²) in [6, 6.07) is 20.1. The molecule has 0 aliphatic carbocycles. The molecule has 0 unspecified atom stereocenters. The van der Waals surface area contributed by atoms with Crippen molar-refractivity contribution in [3.05, 3.63) is 111 Å². The maximum Gasteiger partial charge on any atom is 0.266 e. The quantitative estimate of drug-likeness (QED) is 0.126. The van der Waals surface area contributed by atoms with Gasteiger partial charge in [0.05, 0.1) is 16.7 Å². The molecule has 7 nitrogen and oxygen atoms in total. The molecule has 0 spiro atoms. The molecule has 3 N–H and O–H groups in total. The van der Waals surface area contributed by atoms with E-state index in [1.165, 1.54) is 0 Å². The minimum absolute atomic E-state index is 0.0644. The molecule has 0 fully saturated rings. The number of aliphatic hydroxyl groups is 1. The van der Waals surface area contributed by atoms with Gasteiger partial charge in [0.15, 0.2) is 11.6 Å². The minimum atomic E-state index is -1.33. The molecule has 0 aromatic heterocycles. The third kappa shape index (κ3) is 6.83. The summed E-state index contributed by atoms with van der Waals surface area (Å²) < 4.78 is 12.8. The lowest BCUT2D eigenvalue weighted by molar-refractivity contribution is -0.129. The summed E-state index contributed by atoms with van der Waals surface area (Å²) in [4.78, 5) is 18.7. The Hall–Kier alpha value is -2.88. The van der Waals surface area contributed by atoms with Gasteiger partial charge in [-0.25, -0.2) is 10.4 Å². The van der Waals surface area contributed by atoms with Crippen LogP contribution in [-0.2, 0) is 16.1 Å². The molecule has 1 aliphatic rings. The van der Waals surface area contributed by atoms with E-state index in [0.717, 1.165) is 15.6 Å². The molecule has 1 heterocycles. The van der Waals surface area contributed by atoms with Crippen molar-refractivity contribution in [1.82, 2.24) is 10.9 Å². The van der Waals surface area contributed by atoms with Crippen LogP contribution in [0, 0.1) is 0 Å². The van der Waals surface area contributed by atoms with E-state index in [2.05, 4.69) is 33.4 Å². The Morgan fingerprint density at radius 3 is 2.62 bits per heavy atom. The first-order valence-corrected chi connectivity index (χ1v) is 13.9. The van der Waals surface area contributed by atoms with E-state index in [-0.39, 0.29) is 18.9 Å². The summed E-state index contributed by atoms with van der Waals surface area (Å²) in [5.41, 5.74) is 6.77. The van der Waals surface area contributed by atoms with E-state index < -0.39 is 11.6 Å². The second kappa shape index (κ2) is 13.5. The number of carbonyl (C=O) groups is 1. The number of aliphatic hydroxyl groups excluding tert-OH is 1. The van der Waals surface area contributed by atoms with E-state index in [0.29, 0.717) is 46.8 Å². The highest BCUT2D eigenvalue weighted by molar-refractivity contribution is 9.10. The lowest BCUT2D eigenvalue weighted by Crippen LogP contribution is -2.52. The molecule has 10 heteroatoms. The predicted octanol–water partition coefficient (Wildman–Crippen LogP) is 6.17. The van der Waals surface area contributed by atoms with Crippen LogP contribution < -0.4 is 15.6 Å². The van der Waals surface area contributed by atoms with Crippen LogP contribution in [0.4, 0.5) is 0 Å². The molecule has 1 amide bonds. The van der Waals surface area contributed by atoms with Crippen LogP contribution in [-0.4, -0.2) is 35.7 Å². The van der Waals surface area contributed by atoms with Crippen LogP contribution in [0.5, 0.6) is 5.75 Å². The first kappa shape index (κ1) is 29.1. The van der Waals surface area contributed by atoms with Crippen LogP contribution in [0.2, 0.25) is 10.0 Å². The lowest BCUT2D eigenvalue weighted by atomic mass is 9.84. The summed E-state index contributed by atoms with van der Waals surface area (Å²) in [6.45, 7) is 4.69. The van der Waals surface area contributed by atoms with Crippen LogP contribution in [0.1, 0.15) is 35.6 Å². The van der Waals surface area contributed by atoms with Gasteiger partial charge in [0, 0.05) is 41.6 Å². The fourth-order valence-corrected chi connectivity index (χ4v) is 5.00. The molecule has 0 saturated carbocycles. The highest BCUT2D eigenvalue weighted by Crippen LogP contribution is 2.44. The smallest absolute Gasteiger partial charge is 0.266 e. The molecule has 39 heavy (non-hydrogen) atoms. The lowest BCUT2D eigenvalue weighted by Gasteiger charge is -2.30. The van der Waals surface area contributed by atoms with Gasteiger partial charge >= 0.3 is 0 Å². The first-order valence-electron chi connectivity index (χ1n) is 12.3. The second-order valence-electron chi connectivity index (χ2n) is 8.86. The molecular weight excluding hydrogens is 605 g/mol. The number of nitrogens with zero attached hydrogens (tertiary/aromatic N) is 1. The second-order valence-corrected chi connectivity index (χ2v) is 10.5. The number of nitrogens with one attached hydrogen (secondary N) is 2. The molecule has 3 aromatic rings. The Labute approximate surface area is 245 Å². The Morgan fingerprint density at radius 1 is 1.15 bits per heavy atom. The van der Waals surface area contributed by atoms with E-state index >= 15 is 0 Å². The van der Waals surface area contributed by atoms with Crippen molar-refractivity contribution in [1.29, 1.82) is 0 Å². The van der Waals surface area contributed by atoms with Gasteiger partial charge in [0.2, 0.25) is 5.90 Å². The summed E-state index contributed by atoms with van der Waals surface area (Å²) in [5.74, 6) is 0.621. The topological polar surface area (TPSA) is 92.2 Å². The molecule has 3 aromatic carbocycles. The number of aliphatic imine (C=N–C) groups is 1. The molecule has 4 rings (SSSR count). The average molecular weight is 633 g/mol. The van der Waals surface area contributed by atoms with E-state index in [1.54, 1.807) is 30.3 Å². The van der Waals surface area contributed by atoms with Crippen molar-refractivity contribution < 1.29 is 19.4 Å². The zero-order chi connectivity index (χ0) is 27.8. The summed E-state index contributed by atoms with van der Waals surface area (Å²) in [6.07, 6.45) is 1.71. The zero-order valence-electron chi connectivity index (χ0n) is 21.0. The van der Waals surface area contributed by atoms with Gasteiger partial charge < -0.3 is 14.6 Å². The van der Waals surface area contributed by atoms with E-state index in [1.807, 2.05) is 42.5 Å². The molecule has 1 aliphatic heterocycles. The molecule has 0 radical (unpaired) electrons.